The smallest absolute Gasteiger partial charge is 0.106 e. The predicted molar refractivity (Wildman–Crippen MR) is 66.7 cm³/mol. The Kier molecular flexibility index (Phi) is 4.02. The summed E-state index contributed by atoms with van der Waals surface area (Å²) in [5.41, 5.74) is 2.06. The van der Waals surface area contributed by atoms with Crippen molar-refractivity contribution in [2.45, 2.75) is 13.1 Å². The highest BCUT2D eigenvalue weighted by Crippen LogP contribution is 2.06. The van der Waals surface area contributed by atoms with Crippen LogP contribution in [0.5, 0.6) is 0 Å². The van der Waals surface area contributed by atoms with Crippen LogP contribution in [0.15, 0.2) is 47.2 Å². The third-order valence-electron chi connectivity index (χ3n) is 2.11. The summed E-state index contributed by atoms with van der Waals surface area (Å²) in [6, 6.07) is 11.8. The Morgan fingerprint density at radius 3 is 2.56 bits per heavy atom. The van der Waals surface area contributed by atoms with Crippen LogP contribution in [0.2, 0.25) is 0 Å². The van der Waals surface area contributed by atoms with E-state index >= 15 is 0 Å². The van der Waals surface area contributed by atoms with E-state index < -0.39 is 0 Å². The van der Waals surface area contributed by atoms with Crippen molar-refractivity contribution >= 4 is 15.9 Å². The van der Waals surface area contributed by atoms with E-state index in [9.17, 15) is 0 Å². The maximum atomic E-state index is 4.34. The molecule has 0 bridgehead atoms. The molecule has 0 saturated heterocycles. The van der Waals surface area contributed by atoms with E-state index in [1.54, 1.807) is 6.20 Å². The zero-order chi connectivity index (χ0) is 11.2. The molecule has 0 atom stereocenters. The van der Waals surface area contributed by atoms with E-state index in [4.69, 9.17) is 0 Å². The fourth-order valence-electron chi connectivity index (χ4n) is 1.37. The van der Waals surface area contributed by atoms with Gasteiger partial charge in [0.05, 0.1) is 11.4 Å². The van der Waals surface area contributed by atoms with Gasteiger partial charge in [-0.15, -0.1) is 0 Å². The second-order valence-corrected chi connectivity index (χ2v) is 4.19. The number of halogens is 1. The van der Waals surface area contributed by atoms with Crippen LogP contribution >= 0.6 is 15.9 Å². The molecule has 0 radical (unpaired) electrons. The molecular weight excluding hydrogens is 266 g/mol. The summed E-state index contributed by atoms with van der Waals surface area (Å²) in [5, 5.41) is 3.30. The number of aromatic nitrogens is 2. The van der Waals surface area contributed by atoms with Crippen molar-refractivity contribution in [3.8, 4) is 0 Å². The van der Waals surface area contributed by atoms with Gasteiger partial charge in [0.15, 0.2) is 0 Å². The van der Waals surface area contributed by atoms with Gasteiger partial charge < -0.3 is 5.32 Å². The molecule has 16 heavy (non-hydrogen) atoms. The average molecular weight is 278 g/mol. The fraction of sp³-hybridized carbons (Fsp3) is 0.167. The quantitative estimate of drug-likeness (QED) is 0.873. The van der Waals surface area contributed by atoms with Crippen molar-refractivity contribution in [1.82, 2.24) is 15.3 Å². The molecule has 2 aromatic heterocycles. The first kappa shape index (κ1) is 11.2. The Hall–Kier alpha value is -1.26. The molecule has 0 aliphatic heterocycles. The topological polar surface area (TPSA) is 37.8 Å². The van der Waals surface area contributed by atoms with E-state index in [1.165, 1.54) is 0 Å². The first-order valence-electron chi connectivity index (χ1n) is 5.06. The summed E-state index contributed by atoms with van der Waals surface area (Å²) in [4.78, 5) is 8.57. The van der Waals surface area contributed by atoms with Crippen LogP contribution in [0.1, 0.15) is 11.4 Å². The van der Waals surface area contributed by atoms with Crippen molar-refractivity contribution in [1.29, 1.82) is 0 Å². The van der Waals surface area contributed by atoms with E-state index in [-0.39, 0.29) is 0 Å². The number of nitrogens with one attached hydrogen (secondary N) is 1. The Balaban J connectivity index is 1.85. The lowest BCUT2D eigenvalue weighted by molar-refractivity contribution is 0.666. The van der Waals surface area contributed by atoms with Gasteiger partial charge in [-0.2, -0.15) is 0 Å². The molecule has 82 valence electrons. The number of hydrogen-bond donors (Lipinski definition) is 1. The van der Waals surface area contributed by atoms with Gasteiger partial charge in [-0.25, -0.2) is 4.98 Å². The molecule has 0 fully saturated rings. The molecule has 0 unspecified atom stereocenters. The summed E-state index contributed by atoms with van der Waals surface area (Å²) in [5.74, 6) is 0. The van der Waals surface area contributed by atoms with Gasteiger partial charge in [0.2, 0.25) is 0 Å². The SMILES string of the molecule is Brc1cccc(CNCc2ccccn2)n1. The van der Waals surface area contributed by atoms with Crippen molar-refractivity contribution in [2.24, 2.45) is 0 Å². The summed E-state index contributed by atoms with van der Waals surface area (Å²) in [6.07, 6.45) is 1.80. The fourth-order valence-corrected chi connectivity index (χ4v) is 1.75. The molecule has 4 heteroatoms. The van der Waals surface area contributed by atoms with E-state index in [2.05, 4.69) is 31.2 Å². The third-order valence-corrected chi connectivity index (χ3v) is 2.55. The maximum Gasteiger partial charge on any atom is 0.106 e. The molecule has 2 aromatic rings. The van der Waals surface area contributed by atoms with Crippen LogP contribution in [0.4, 0.5) is 0 Å². The molecular formula is C12H12BrN3. The van der Waals surface area contributed by atoms with Crippen LogP contribution in [-0.4, -0.2) is 9.97 Å². The van der Waals surface area contributed by atoms with E-state index in [0.29, 0.717) is 0 Å². The molecule has 2 rings (SSSR count). The van der Waals surface area contributed by atoms with Gasteiger partial charge in [0.25, 0.3) is 0 Å². The highest BCUT2D eigenvalue weighted by atomic mass is 79.9. The highest BCUT2D eigenvalue weighted by Gasteiger charge is 1.96. The minimum Gasteiger partial charge on any atom is -0.306 e. The minimum absolute atomic E-state index is 0.746. The van der Waals surface area contributed by atoms with Crippen LogP contribution in [-0.2, 0) is 13.1 Å². The van der Waals surface area contributed by atoms with Gasteiger partial charge in [-0.05, 0) is 40.2 Å². The second-order valence-electron chi connectivity index (χ2n) is 3.38. The van der Waals surface area contributed by atoms with Gasteiger partial charge >= 0.3 is 0 Å². The number of rotatable bonds is 4. The number of hydrogen-bond acceptors (Lipinski definition) is 3. The molecule has 0 amide bonds. The lowest BCUT2D eigenvalue weighted by Crippen LogP contribution is -2.14. The van der Waals surface area contributed by atoms with Crippen LogP contribution < -0.4 is 5.32 Å². The molecule has 2 heterocycles. The lowest BCUT2D eigenvalue weighted by Gasteiger charge is -2.03. The number of nitrogens with zero attached hydrogens (tertiary/aromatic N) is 2. The highest BCUT2D eigenvalue weighted by molar-refractivity contribution is 9.10. The molecule has 0 spiro atoms. The second kappa shape index (κ2) is 5.72. The number of pyridine rings is 2. The first-order valence-corrected chi connectivity index (χ1v) is 5.86. The normalized spacial score (nSPS) is 10.3. The van der Waals surface area contributed by atoms with Gasteiger partial charge in [-0.1, -0.05) is 12.1 Å². The summed E-state index contributed by atoms with van der Waals surface area (Å²) in [6.45, 7) is 1.51. The summed E-state index contributed by atoms with van der Waals surface area (Å²) in [7, 11) is 0. The van der Waals surface area contributed by atoms with Crippen LogP contribution in [0.25, 0.3) is 0 Å². The minimum atomic E-state index is 0.746. The van der Waals surface area contributed by atoms with Crippen molar-refractivity contribution < 1.29 is 0 Å². The lowest BCUT2D eigenvalue weighted by atomic mass is 10.3. The molecule has 0 aliphatic rings. The molecule has 3 nitrogen and oxygen atoms in total. The zero-order valence-corrected chi connectivity index (χ0v) is 10.3. The first-order chi connectivity index (χ1) is 7.84. The zero-order valence-electron chi connectivity index (χ0n) is 8.73. The maximum absolute atomic E-state index is 4.34. The molecule has 0 saturated carbocycles. The molecule has 0 aromatic carbocycles. The Labute approximate surface area is 103 Å². The third kappa shape index (κ3) is 3.40. The van der Waals surface area contributed by atoms with E-state index in [0.717, 1.165) is 29.1 Å². The van der Waals surface area contributed by atoms with Crippen molar-refractivity contribution in [3.05, 3.63) is 58.6 Å². The monoisotopic (exact) mass is 277 g/mol. The van der Waals surface area contributed by atoms with Crippen LogP contribution in [0.3, 0.4) is 0 Å². The van der Waals surface area contributed by atoms with Crippen LogP contribution in [0, 0.1) is 0 Å². The Morgan fingerprint density at radius 1 is 1.00 bits per heavy atom. The largest absolute Gasteiger partial charge is 0.306 e. The standard InChI is InChI=1S/C12H12BrN3/c13-12-6-3-5-11(16-12)9-14-8-10-4-1-2-7-15-10/h1-7,14H,8-9H2. The summed E-state index contributed by atoms with van der Waals surface area (Å²) >= 11 is 3.35. The molecule has 1 N–H and O–H groups in total. The Bertz CT molecular complexity index is 445. The van der Waals surface area contributed by atoms with Gasteiger partial charge in [0, 0.05) is 19.3 Å². The van der Waals surface area contributed by atoms with E-state index in [1.807, 2.05) is 36.4 Å². The predicted octanol–water partition coefficient (Wildman–Crippen LogP) is 2.53. The Morgan fingerprint density at radius 2 is 1.81 bits per heavy atom. The van der Waals surface area contributed by atoms with Crippen molar-refractivity contribution in [2.75, 3.05) is 0 Å². The van der Waals surface area contributed by atoms with Crippen molar-refractivity contribution in [3.63, 3.8) is 0 Å². The van der Waals surface area contributed by atoms with Gasteiger partial charge in [0.1, 0.15) is 4.60 Å². The molecule has 0 aliphatic carbocycles. The van der Waals surface area contributed by atoms with Gasteiger partial charge in [-0.3, -0.25) is 4.98 Å². The average Bonchev–Trinajstić information content (AvgIpc) is 2.30. The summed E-state index contributed by atoms with van der Waals surface area (Å²) < 4.78 is 0.865.